The maximum absolute atomic E-state index is 14.2. The lowest BCUT2D eigenvalue weighted by atomic mass is 10.2. The fourth-order valence-corrected chi connectivity index (χ4v) is 3.79. The first-order chi connectivity index (χ1) is 13.6. The van der Waals surface area contributed by atoms with E-state index in [0.717, 1.165) is 10.3 Å². The standard InChI is InChI=1S/C21H19FN2O3S/c1-4-12-24-20-15(22)6-5-7-18(20)28-21(24)23-19(25)11-9-14-8-10-16(26-2)17(13-14)27-3/h4-11,13H,1,12H2,2-3H3/b11-9-,23-21?. The highest BCUT2D eigenvalue weighted by Gasteiger charge is 2.10. The highest BCUT2D eigenvalue weighted by atomic mass is 32.1. The van der Waals surface area contributed by atoms with Crippen LogP contribution in [-0.4, -0.2) is 24.7 Å². The highest BCUT2D eigenvalue weighted by Crippen LogP contribution is 2.28. The van der Waals surface area contributed by atoms with Gasteiger partial charge in [0, 0.05) is 12.6 Å². The molecule has 0 spiro atoms. The van der Waals surface area contributed by atoms with E-state index in [4.69, 9.17) is 9.47 Å². The minimum absolute atomic E-state index is 0.354. The molecule has 0 aliphatic carbocycles. The van der Waals surface area contributed by atoms with Gasteiger partial charge in [-0.15, -0.1) is 6.58 Å². The second-order valence-electron chi connectivity index (χ2n) is 5.77. The lowest BCUT2D eigenvalue weighted by Crippen LogP contribution is -2.16. The molecular formula is C21H19FN2O3S. The SMILES string of the molecule is C=CCn1c(=NC(=O)/C=C\c2ccc(OC)c(OC)c2)sc2cccc(F)c21. The Morgan fingerprint density at radius 3 is 2.75 bits per heavy atom. The number of amides is 1. The van der Waals surface area contributed by atoms with Crippen molar-refractivity contribution < 1.29 is 18.7 Å². The summed E-state index contributed by atoms with van der Waals surface area (Å²) >= 11 is 1.26. The van der Waals surface area contributed by atoms with Gasteiger partial charge < -0.3 is 14.0 Å². The van der Waals surface area contributed by atoms with Crippen LogP contribution in [-0.2, 0) is 11.3 Å². The van der Waals surface area contributed by atoms with Crippen LogP contribution in [0, 0.1) is 5.82 Å². The molecule has 28 heavy (non-hydrogen) atoms. The van der Waals surface area contributed by atoms with Gasteiger partial charge in [-0.1, -0.05) is 29.5 Å². The second-order valence-corrected chi connectivity index (χ2v) is 6.78. The molecule has 5 nitrogen and oxygen atoms in total. The molecule has 0 radical (unpaired) electrons. The number of nitrogens with zero attached hydrogens (tertiary/aromatic N) is 2. The van der Waals surface area contributed by atoms with Crippen molar-refractivity contribution in [3.05, 3.63) is 71.3 Å². The molecule has 0 saturated heterocycles. The fourth-order valence-electron chi connectivity index (χ4n) is 2.73. The molecule has 0 N–H and O–H groups in total. The molecule has 0 atom stereocenters. The topological polar surface area (TPSA) is 52.8 Å². The summed E-state index contributed by atoms with van der Waals surface area (Å²) in [4.78, 5) is 16.9. The number of fused-ring (bicyclic) bond motifs is 1. The van der Waals surface area contributed by atoms with E-state index in [0.29, 0.717) is 28.4 Å². The first-order valence-electron chi connectivity index (χ1n) is 8.45. The summed E-state index contributed by atoms with van der Waals surface area (Å²) in [7, 11) is 3.10. The normalized spacial score (nSPS) is 11.9. The summed E-state index contributed by atoms with van der Waals surface area (Å²) in [6, 6.07) is 10.1. The van der Waals surface area contributed by atoms with Crippen LogP contribution in [0.25, 0.3) is 16.3 Å². The summed E-state index contributed by atoms with van der Waals surface area (Å²) in [5, 5.41) is 0. The van der Waals surface area contributed by atoms with Gasteiger partial charge in [0.2, 0.25) is 0 Å². The number of para-hydroxylation sites is 1. The molecule has 1 heterocycles. The Morgan fingerprint density at radius 1 is 1.25 bits per heavy atom. The number of thiazole rings is 1. The van der Waals surface area contributed by atoms with E-state index in [2.05, 4.69) is 11.6 Å². The van der Waals surface area contributed by atoms with Crippen molar-refractivity contribution in [2.45, 2.75) is 6.54 Å². The number of benzene rings is 2. The van der Waals surface area contributed by atoms with Crippen LogP contribution in [0.15, 0.2) is 60.1 Å². The van der Waals surface area contributed by atoms with Crippen molar-refractivity contribution in [2.24, 2.45) is 4.99 Å². The third-order valence-electron chi connectivity index (χ3n) is 4.00. The average molecular weight is 398 g/mol. The molecule has 0 unspecified atom stereocenters. The van der Waals surface area contributed by atoms with E-state index in [1.165, 1.54) is 23.5 Å². The third kappa shape index (κ3) is 4.04. The predicted molar refractivity (Wildman–Crippen MR) is 109 cm³/mol. The summed E-state index contributed by atoms with van der Waals surface area (Å²) in [6.07, 6.45) is 4.64. The smallest absolute Gasteiger partial charge is 0.272 e. The maximum Gasteiger partial charge on any atom is 0.272 e. The largest absolute Gasteiger partial charge is 0.493 e. The number of hydrogen-bond donors (Lipinski definition) is 0. The van der Waals surface area contributed by atoms with Crippen LogP contribution in [0.5, 0.6) is 11.5 Å². The predicted octanol–water partition coefficient (Wildman–Crippen LogP) is 4.19. The van der Waals surface area contributed by atoms with Gasteiger partial charge in [-0.05, 0) is 35.9 Å². The van der Waals surface area contributed by atoms with Crippen LogP contribution in [0.2, 0.25) is 0 Å². The minimum Gasteiger partial charge on any atom is -0.493 e. The summed E-state index contributed by atoms with van der Waals surface area (Å²) in [5.74, 6) is 0.371. The Bertz CT molecular complexity index is 1130. The Morgan fingerprint density at radius 2 is 2.04 bits per heavy atom. The zero-order chi connectivity index (χ0) is 20.1. The van der Waals surface area contributed by atoms with Gasteiger partial charge in [0.05, 0.1) is 24.4 Å². The average Bonchev–Trinajstić information content (AvgIpc) is 3.04. The first-order valence-corrected chi connectivity index (χ1v) is 9.26. The van der Waals surface area contributed by atoms with Gasteiger partial charge >= 0.3 is 0 Å². The number of rotatable bonds is 6. The van der Waals surface area contributed by atoms with Gasteiger partial charge in [0.15, 0.2) is 16.3 Å². The summed E-state index contributed by atoms with van der Waals surface area (Å²) < 4.78 is 27.0. The van der Waals surface area contributed by atoms with Crippen molar-refractivity contribution >= 4 is 33.5 Å². The summed E-state index contributed by atoms with van der Waals surface area (Å²) in [5.41, 5.74) is 1.19. The summed E-state index contributed by atoms with van der Waals surface area (Å²) in [6.45, 7) is 4.05. The van der Waals surface area contributed by atoms with Crippen molar-refractivity contribution in [3.8, 4) is 11.5 Å². The molecule has 7 heteroatoms. The molecule has 2 aromatic carbocycles. The van der Waals surface area contributed by atoms with Gasteiger partial charge in [-0.3, -0.25) is 4.79 Å². The Kier molecular flexibility index (Phi) is 6.06. The molecule has 3 rings (SSSR count). The molecule has 1 amide bonds. The van der Waals surface area contributed by atoms with Crippen LogP contribution in [0.1, 0.15) is 5.56 Å². The van der Waals surface area contributed by atoms with Gasteiger partial charge in [0.1, 0.15) is 5.82 Å². The molecule has 0 aliphatic rings. The lowest BCUT2D eigenvalue weighted by molar-refractivity contribution is -0.113. The Hall–Kier alpha value is -3.19. The number of hydrogen-bond acceptors (Lipinski definition) is 4. The molecule has 0 bridgehead atoms. The fraction of sp³-hybridized carbons (Fsp3) is 0.143. The number of carbonyl (C=O) groups is 1. The third-order valence-corrected chi connectivity index (χ3v) is 5.04. The lowest BCUT2D eigenvalue weighted by Gasteiger charge is -2.07. The zero-order valence-corrected chi connectivity index (χ0v) is 16.3. The Labute approximate surface area is 165 Å². The second kappa shape index (κ2) is 8.67. The van der Waals surface area contributed by atoms with E-state index < -0.39 is 5.91 Å². The minimum atomic E-state index is -0.445. The molecule has 0 fully saturated rings. The van der Waals surface area contributed by atoms with Crippen molar-refractivity contribution in [1.29, 1.82) is 0 Å². The number of aromatic nitrogens is 1. The van der Waals surface area contributed by atoms with Crippen LogP contribution < -0.4 is 14.3 Å². The first kappa shape index (κ1) is 19.6. The van der Waals surface area contributed by atoms with Gasteiger partial charge in [-0.2, -0.15) is 4.99 Å². The molecule has 1 aromatic heterocycles. The number of allylic oxidation sites excluding steroid dienone is 1. The molecular weight excluding hydrogens is 379 g/mol. The number of methoxy groups -OCH3 is 2. The van der Waals surface area contributed by atoms with Gasteiger partial charge in [-0.25, -0.2) is 4.39 Å². The molecule has 0 aliphatic heterocycles. The molecule has 144 valence electrons. The Balaban J connectivity index is 1.95. The number of halogens is 1. The monoisotopic (exact) mass is 398 g/mol. The van der Waals surface area contributed by atoms with E-state index >= 15 is 0 Å². The van der Waals surface area contributed by atoms with Crippen molar-refractivity contribution in [2.75, 3.05) is 14.2 Å². The molecule has 0 saturated carbocycles. The van der Waals surface area contributed by atoms with Crippen LogP contribution in [0.4, 0.5) is 4.39 Å². The van der Waals surface area contributed by atoms with Crippen LogP contribution in [0.3, 0.4) is 0 Å². The number of carbonyl (C=O) groups excluding carboxylic acids is 1. The molecule has 3 aromatic rings. The van der Waals surface area contributed by atoms with E-state index in [1.807, 2.05) is 0 Å². The van der Waals surface area contributed by atoms with Gasteiger partial charge in [0.25, 0.3) is 5.91 Å². The maximum atomic E-state index is 14.2. The highest BCUT2D eigenvalue weighted by molar-refractivity contribution is 7.16. The van der Waals surface area contributed by atoms with E-state index in [1.54, 1.807) is 61.3 Å². The van der Waals surface area contributed by atoms with E-state index in [9.17, 15) is 9.18 Å². The number of ether oxygens (including phenoxy) is 2. The zero-order valence-electron chi connectivity index (χ0n) is 15.5. The quantitative estimate of drug-likeness (QED) is 0.462. The van der Waals surface area contributed by atoms with E-state index in [-0.39, 0.29) is 5.82 Å². The van der Waals surface area contributed by atoms with Crippen LogP contribution >= 0.6 is 11.3 Å². The van der Waals surface area contributed by atoms with Crippen molar-refractivity contribution in [3.63, 3.8) is 0 Å². The van der Waals surface area contributed by atoms with Crippen molar-refractivity contribution in [1.82, 2.24) is 4.57 Å².